The van der Waals surface area contributed by atoms with Crippen LogP contribution in [0.5, 0.6) is 5.75 Å². The Kier molecular flexibility index (Phi) is 7.29. The average molecular weight is 424 g/mol. The lowest BCUT2D eigenvalue weighted by Gasteiger charge is -2.28. The predicted molar refractivity (Wildman–Crippen MR) is 95.2 cm³/mol. The Bertz CT molecular complexity index is 777. The highest BCUT2D eigenvalue weighted by atomic mass is 32.2. The van der Waals surface area contributed by atoms with Crippen LogP contribution in [0.15, 0.2) is 24.3 Å². The number of ether oxygens (including phenoxy) is 1. The summed E-state index contributed by atoms with van der Waals surface area (Å²) in [7, 11) is -2.39. The van der Waals surface area contributed by atoms with E-state index in [-0.39, 0.29) is 18.5 Å². The minimum absolute atomic E-state index is 0.0692. The number of hydrogen-bond acceptors (Lipinski definition) is 6. The fraction of sp³-hybridized carbons (Fsp3) is 0.588. The van der Waals surface area contributed by atoms with Crippen LogP contribution in [-0.4, -0.2) is 76.1 Å². The molecule has 1 amide bonds. The Morgan fingerprint density at radius 1 is 1.32 bits per heavy atom. The topological polar surface area (TPSA) is 76.2 Å². The van der Waals surface area contributed by atoms with Crippen LogP contribution in [0.1, 0.15) is 12.0 Å². The van der Waals surface area contributed by atoms with Gasteiger partial charge in [0.25, 0.3) is 0 Å². The monoisotopic (exact) mass is 424 g/mol. The third kappa shape index (κ3) is 6.08. The molecule has 1 unspecified atom stereocenters. The summed E-state index contributed by atoms with van der Waals surface area (Å²) in [6, 6.07) is 5.55. The van der Waals surface area contributed by atoms with Crippen LogP contribution in [-0.2, 0) is 26.1 Å². The van der Waals surface area contributed by atoms with Crippen molar-refractivity contribution in [2.75, 3.05) is 40.4 Å². The van der Waals surface area contributed by atoms with Crippen LogP contribution in [0.4, 0.5) is 13.2 Å². The molecule has 1 heterocycles. The zero-order valence-corrected chi connectivity index (χ0v) is 16.4. The van der Waals surface area contributed by atoms with Crippen LogP contribution in [0.25, 0.3) is 0 Å². The molecule has 1 aliphatic heterocycles. The summed E-state index contributed by atoms with van der Waals surface area (Å²) in [6.45, 7) is 1.77. The highest BCUT2D eigenvalue weighted by Crippen LogP contribution is 2.27. The molecule has 7 nitrogen and oxygen atoms in total. The van der Waals surface area contributed by atoms with E-state index in [2.05, 4.69) is 4.18 Å². The molecule has 0 aromatic heterocycles. The highest BCUT2D eigenvalue weighted by molar-refractivity contribution is 7.88. The van der Waals surface area contributed by atoms with Crippen LogP contribution in [0.3, 0.4) is 0 Å². The number of carbonyl (C=O) groups excluding carboxylic acids is 1. The summed E-state index contributed by atoms with van der Waals surface area (Å²) in [5.41, 5.74) is -4.90. The highest BCUT2D eigenvalue weighted by Gasteiger charge is 2.48. The molecule has 0 aliphatic carbocycles. The predicted octanol–water partition coefficient (Wildman–Crippen LogP) is 1.64. The number of hydrogen-bond donors (Lipinski definition) is 0. The lowest BCUT2D eigenvalue weighted by molar-refractivity contribution is -0.130. The van der Waals surface area contributed by atoms with E-state index < -0.39 is 21.4 Å². The van der Waals surface area contributed by atoms with Gasteiger partial charge in [-0.05, 0) is 30.5 Å². The first-order valence-electron chi connectivity index (χ1n) is 8.61. The van der Waals surface area contributed by atoms with Gasteiger partial charge in [0.1, 0.15) is 5.75 Å². The zero-order valence-electron chi connectivity index (χ0n) is 15.6. The molecular formula is C17H23F3N2O5S. The number of amides is 1. The number of alkyl halides is 3. The van der Waals surface area contributed by atoms with Crippen molar-refractivity contribution in [3.05, 3.63) is 29.8 Å². The Morgan fingerprint density at radius 2 is 2.04 bits per heavy atom. The first-order valence-corrected chi connectivity index (χ1v) is 10.0. The molecule has 0 bridgehead atoms. The number of likely N-dealkylation sites (N-methyl/N-ethyl adjacent to an activating group) is 1. The van der Waals surface area contributed by atoms with Gasteiger partial charge in [-0.2, -0.15) is 21.6 Å². The molecule has 28 heavy (non-hydrogen) atoms. The zero-order chi connectivity index (χ0) is 20.9. The van der Waals surface area contributed by atoms with Crippen LogP contribution in [0.2, 0.25) is 0 Å². The molecule has 11 heteroatoms. The smallest absolute Gasteiger partial charge is 0.380 e. The van der Waals surface area contributed by atoms with Crippen molar-refractivity contribution in [3.63, 3.8) is 0 Å². The fourth-order valence-corrected chi connectivity index (χ4v) is 3.17. The normalized spacial score (nSPS) is 17.7. The standard InChI is InChI=1S/C17H23F3N2O5S/c1-21(2)16(23)11-22(14-7-9-26-12-14)8-6-13-4-3-5-15(10-13)27-28(24,25)17(18,19)20/h3-5,10,14H,6-9,11-12H2,1-2H3. The van der Waals surface area contributed by atoms with Gasteiger partial charge in [-0.3, -0.25) is 9.69 Å². The van der Waals surface area contributed by atoms with Crippen molar-refractivity contribution in [1.82, 2.24) is 9.80 Å². The quantitative estimate of drug-likeness (QED) is 0.467. The van der Waals surface area contributed by atoms with Gasteiger partial charge in [-0.1, -0.05) is 12.1 Å². The number of benzene rings is 1. The summed E-state index contributed by atoms with van der Waals surface area (Å²) in [6.07, 6.45) is 1.19. The average Bonchev–Trinajstić information content (AvgIpc) is 3.11. The number of rotatable bonds is 8. The third-order valence-electron chi connectivity index (χ3n) is 4.33. The van der Waals surface area contributed by atoms with Gasteiger partial charge >= 0.3 is 15.6 Å². The van der Waals surface area contributed by atoms with Gasteiger partial charge in [0.2, 0.25) is 5.91 Å². The molecule has 0 radical (unpaired) electrons. The minimum Gasteiger partial charge on any atom is -0.380 e. The molecule has 1 aliphatic rings. The Hall–Kier alpha value is -1.85. The van der Waals surface area contributed by atoms with E-state index in [0.717, 1.165) is 12.5 Å². The van der Waals surface area contributed by atoms with Crippen molar-refractivity contribution in [2.24, 2.45) is 0 Å². The van der Waals surface area contributed by atoms with Crippen LogP contribution in [0, 0.1) is 0 Å². The Labute approximate surface area is 162 Å². The molecule has 0 spiro atoms. The van der Waals surface area contributed by atoms with Gasteiger partial charge in [0, 0.05) is 33.3 Å². The van der Waals surface area contributed by atoms with E-state index >= 15 is 0 Å². The molecule has 1 fully saturated rings. The number of halogens is 3. The van der Waals surface area contributed by atoms with Gasteiger partial charge in [-0.25, -0.2) is 0 Å². The fourth-order valence-electron chi connectivity index (χ4n) is 2.72. The number of nitrogens with zero attached hydrogens (tertiary/aromatic N) is 2. The second kappa shape index (κ2) is 9.10. The largest absolute Gasteiger partial charge is 0.534 e. The SMILES string of the molecule is CN(C)C(=O)CN(CCc1cccc(OS(=O)(=O)C(F)(F)F)c1)C1CCOC1. The van der Waals surface area contributed by atoms with E-state index in [1.54, 1.807) is 20.2 Å². The van der Waals surface area contributed by atoms with Crippen molar-refractivity contribution >= 4 is 16.0 Å². The molecule has 158 valence electrons. The maximum absolute atomic E-state index is 12.5. The molecule has 0 N–H and O–H groups in total. The Balaban J connectivity index is 2.05. The molecule has 1 saturated heterocycles. The van der Waals surface area contributed by atoms with Gasteiger partial charge in [0.15, 0.2) is 0 Å². The molecule has 1 aromatic rings. The first kappa shape index (κ1) is 22.4. The summed E-state index contributed by atoms with van der Waals surface area (Å²) in [5.74, 6) is -0.477. The molecule has 1 atom stereocenters. The van der Waals surface area contributed by atoms with E-state index in [1.165, 1.54) is 17.0 Å². The summed E-state index contributed by atoms with van der Waals surface area (Å²) in [5, 5.41) is 0. The molecular weight excluding hydrogens is 401 g/mol. The molecule has 2 rings (SSSR count). The first-order chi connectivity index (χ1) is 13.0. The third-order valence-corrected chi connectivity index (χ3v) is 5.31. The minimum atomic E-state index is -5.71. The lowest BCUT2D eigenvalue weighted by atomic mass is 10.1. The second-order valence-electron chi connectivity index (χ2n) is 6.66. The summed E-state index contributed by atoms with van der Waals surface area (Å²) in [4.78, 5) is 15.5. The van der Waals surface area contributed by atoms with Crippen molar-refractivity contribution in [2.45, 2.75) is 24.4 Å². The van der Waals surface area contributed by atoms with Crippen LogP contribution >= 0.6 is 0 Å². The van der Waals surface area contributed by atoms with Gasteiger partial charge < -0.3 is 13.8 Å². The van der Waals surface area contributed by atoms with Crippen molar-refractivity contribution < 1.29 is 35.3 Å². The summed E-state index contributed by atoms with van der Waals surface area (Å²) < 4.78 is 69.2. The maximum Gasteiger partial charge on any atom is 0.534 e. The Morgan fingerprint density at radius 3 is 2.61 bits per heavy atom. The summed E-state index contributed by atoms with van der Waals surface area (Å²) >= 11 is 0. The molecule has 1 aromatic carbocycles. The van der Waals surface area contributed by atoms with E-state index in [0.29, 0.717) is 31.7 Å². The molecule has 0 saturated carbocycles. The van der Waals surface area contributed by atoms with Crippen molar-refractivity contribution in [1.29, 1.82) is 0 Å². The van der Waals surface area contributed by atoms with E-state index in [9.17, 15) is 26.4 Å². The van der Waals surface area contributed by atoms with Crippen molar-refractivity contribution in [3.8, 4) is 5.75 Å². The van der Waals surface area contributed by atoms with E-state index in [4.69, 9.17) is 4.74 Å². The lowest BCUT2D eigenvalue weighted by Crippen LogP contribution is -2.44. The maximum atomic E-state index is 12.5. The van der Waals surface area contributed by atoms with Gasteiger partial charge in [-0.15, -0.1) is 0 Å². The van der Waals surface area contributed by atoms with Gasteiger partial charge in [0.05, 0.1) is 13.2 Å². The van der Waals surface area contributed by atoms with Crippen LogP contribution < -0.4 is 4.18 Å². The van der Waals surface area contributed by atoms with E-state index in [1.807, 2.05) is 4.90 Å². The number of carbonyl (C=O) groups is 1. The second-order valence-corrected chi connectivity index (χ2v) is 8.19.